The van der Waals surface area contributed by atoms with Gasteiger partial charge in [-0.25, -0.2) is 0 Å². The van der Waals surface area contributed by atoms with Crippen molar-refractivity contribution < 1.29 is 252 Å². The van der Waals surface area contributed by atoms with Crippen molar-refractivity contribution in [2.24, 2.45) is 0 Å². The Balaban J connectivity index is -0.000000534. The number of carboxylic acid groups (broad SMARTS) is 15. The maximum Gasteiger partial charge on any atom is 1.00 e. The number of hydrogen-bond acceptors (Lipinski definition) is 38. The molecule has 3 amide bonds. The monoisotopic (exact) mass is 2080 g/mol. The van der Waals surface area contributed by atoms with Crippen LogP contribution in [0.4, 0.5) is 0 Å². The predicted molar refractivity (Wildman–Crippen MR) is 494 cm³/mol. The Morgan fingerprint density at radius 2 is 0.364 bits per heavy atom. The molecule has 3 rings (SSSR count). The van der Waals surface area contributed by atoms with Gasteiger partial charge in [-0.15, -0.1) is 0 Å². The first-order valence-electron chi connectivity index (χ1n) is 45.0. The minimum absolute atomic E-state index is 0. The summed E-state index contributed by atoms with van der Waals surface area (Å²) in [6.07, 6.45) is 4.93. The fourth-order valence-electron chi connectivity index (χ4n) is 16.3. The number of nitrogens with zero attached hydrogens (tertiary/aromatic N) is 12. The van der Waals surface area contributed by atoms with E-state index in [1.54, 1.807) is 62.3 Å². The minimum atomic E-state index is -1.52. The molecule has 0 aromatic heterocycles. The molecule has 143 heavy (non-hydrogen) atoms. The van der Waals surface area contributed by atoms with Gasteiger partial charge in [0, 0.05) is 164 Å². The number of aliphatic carboxylic acids is 15. The molecule has 54 nitrogen and oxygen atoms in total. The Morgan fingerprint density at radius 1 is 0.252 bits per heavy atom. The number of carbonyl (C=O) groups excluding carboxylic acids is 5. The summed E-state index contributed by atoms with van der Waals surface area (Å²) < 4.78 is 0. The summed E-state index contributed by atoms with van der Waals surface area (Å²) >= 11 is 0. The molecule has 0 aromatic rings. The first-order valence-corrected chi connectivity index (χ1v) is 45.0. The summed E-state index contributed by atoms with van der Waals surface area (Å²) in [4.78, 5) is 224. The van der Waals surface area contributed by atoms with Gasteiger partial charge in [0.2, 0.25) is 17.7 Å². The SMILES string of the molecule is CC(=O)NC1CC(C)(C)N(OCC(C)(C)O)C(C)(C)C1.CC(=O)NC1CC(C)(C)N(OCC(C)(C)O)C(C)(C)C1.CC(=O)NC1CC(C)(C)N(OCC(C)(C)O)C(C)(C)C1.O=C(O)CN(CCN(CC(=O)O)CC(=O)O)CCN(CC(=O)O)CC(=O)O.O=C(O)CN(CCN(CC(=O)O)CC(=O)O)CCN(CC(=O)O)CC(=O)O.O=C([O-])CN(CCN(CCN(CC(=O)O)CC(=O)O)CC(=O)O)CC(=O)[O-].[Na+].[Na+]. The van der Waals surface area contributed by atoms with E-state index in [0.29, 0.717) is 0 Å². The molecule has 816 valence electrons. The van der Waals surface area contributed by atoms with Crippen molar-refractivity contribution in [3.63, 3.8) is 0 Å². The van der Waals surface area contributed by atoms with Crippen LogP contribution in [0.25, 0.3) is 0 Å². The summed E-state index contributed by atoms with van der Waals surface area (Å²) in [5.41, 5.74) is -3.83. The number of hydrogen-bond donors (Lipinski definition) is 19. The molecule has 0 bridgehead atoms. The van der Waals surface area contributed by atoms with Gasteiger partial charge >= 0.3 is 137 Å². The number of hydroxylamine groups is 6. The third kappa shape index (κ3) is 73.5. The molecule has 0 saturated carbocycles. The third-order valence-electron chi connectivity index (χ3n) is 20.4. The standard InChI is InChI=1S/3C15H30N2O3.3C14H23N3O10.2Na/c3*1-11(18)16-12-8-13(2,3)17(14(4,5)9-12)20-10-15(6,7)19;3*18-10(19)5-15(1-3-16(6-11(20)21)7-12(22)23)2-4-17(8-13(24)25)9-14(26)27;;/h3*12,19H,8-10H2,1-7H3,(H,16,18);3*1-9H2,(H,18,19)(H,20,21)(H,22,23)(H,24,25)(H,26,27);;/q;;;;;;2*+1/p-2. The molecule has 3 aliphatic heterocycles. The largest absolute Gasteiger partial charge is 1.00 e. The van der Waals surface area contributed by atoms with Gasteiger partial charge in [0.15, 0.2) is 0 Å². The maximum absolute atomic E-state index is 11.3. The van der Waals surface area contributed by atoms with Crippen LogP contribution in [0.15, 0.2) is 0 Å². The number of piperidine rings is 3. The number of carboxylic acids is 15. The topological polar surface area (TPSA) is 780 Å². The molecule has 0 radical (unpaired) electrons. The summed E-state index contributed by atoms with van der Waals surface area (Å²) in [7, 11) is 0. The molecule has 19 N–H and O–H groups in total. The fourth-order valence-corrected chi connectivity index (χ4v) is 16.3. The number of rotatable bonds is 60. The quantitative estimate of drug-likeness (QED) is 0.0251. The maximum atomic E-state index is 11.3. The van der Waals surface area contributed by atoms with Crippen LogP contribution in [0, 0.1) is 0 Å². The van der Waals surface area contributed by atoms with Gasteiger partial charge in [0.1, 0.15) is 0 Å². The van der Waals surface area contributed by atoms with Crippen LogP contribution >= 0.6 is 0 Å². The van der Waals surface area contributed by atoms with E-state index in [4.69, 9.17) is 80.9 Å². The first kappa shape index (κ1) is 143. The van der Waals surface area contributed by atoms with E-state index in [0.717, 1.165) is 67.9 Å². The normalized spacial score (nSPS) is 16.2. The third-order valence-corrected chi connectivity index (χ3v) is 20.4. The van der Waals surface area contributed by atoms with Crippen molar-refractivity contribution >= 4 is 107 Å². The Kier molecular flexibility index (Phi) is 67.7. The van der Waals surface area contributed by atoms with E-state index >= 15 is 0 Å². The molecular formula is C87H157N15Na2O39. The van der Waals surface area contributed by atoms with Crippen molar-refractivity contribution in [1.82, 2.24) is 75.2 Å². The zero-order valence-electron chi connectivity index (χ0n) is 87.1. The molecule has 3 heterocycles. The van der Waals surface area contributed by atoms with Gasteiger partial charge in [0.25, 0.3) is 0 Å². The smallest absolute Gasteiger partial charge is 0.549 e. The van der Waals surface area contributed by atoms with Gasteiger partial charge in [-0.3, -0.25) is 135 Å². The van der Waals surface area contributed by atoms with Crippen molar-refractivity contribution in [2.75, 3.05) is 197 Å². The second-order valence-electron chi connectivity index (χ2n) is 40.4. The van der Waals surface area contributed by atoms with Gasteiger partial charge in [0.05, 0.1) is 134 Å². The molecule has 56 heteroatoms. The van der Waals surface area contributed by atoms with Gasteiger partial charge in [-0.05, 0) is 163 Å². The summed E-state index contributed by atoms with van der Waals surface area (Å²) in [6, 6.07) is 0.457. The number of amides is 3. The Bertz CT molecular complexity index is 3370. The van der Waals surface area contributed by atoms with E-state index in [-0.39, 0.29) is 227 Å². The van der Waals surface area contributed by atoms with Gasteiger partial charge in [-0.1, -0.05) is 0 Å². The Morgan fingerprint density at radius 3 is 0.469 bits per heavy atom. The second kappa shape index (κ2) is 67.6. The average molecular weight is 2080 g/mol. The molecular weight excluding hydrogens is 1930 g/mol. The van der Waals surface area contributed by atoms with Crippen LogP contribution in [0.2, 0.25) is 0 Å². The van der Waals surface area contributed by atoms with E-state index in [1.165, 1.54) is 14.7 Å². The summed E-state index contributed by atoms with van der Waals surface area (Å²) in [5.74, 6) is -19.1. The molecule has 0 aromatic carbocycles. The molecule has 0 spiro atoms. The Hall–Kier alpha value is -8.26. The molecule has 3 fully saturated rings. The summed E-state index contributed by atoms with van der Waals surface area (Å²) in [6.45, 7) is 32.3. The van der Waals surface area contributed by atoms with Crippen LogP contribution in [-0.2, 0) is 101 Å². The Labute approximate surface area is 877 Å². The van der Waals surface area contributed by atoms with Crippen LogP contribution in [0.1, 0.15) is 184 Å². The molecule has 0 unspecified atom stereocenters. The molecule has 0 atom stereocenters. The fraction of sp³-hybridized carbons (Fsp3) is 0.793. The molecule has 3 aliphatic rings. The number of nitrogens with one attached hydrogen (secondary N) is 3. The minimum Gasteiger partial charge on any atom is -0.549 e. The zero-order valence-corrected chi connectivity index (χ0v) is 91.1. The van der Waals surface area contributed by atoms with Gasteiger partial charge in [-0.2, -0.15) is 15.2 Å². The predicted octanol–water partition coefficient (Wildman–Crippen LogP) is -11.2. The number of carbonyl (C=O) groups is 18. The van der Waals surface area contributed by atoms with Crippen molar-refractivity contribution in [1.29, 1.82) is 0 Å². The molecule has 0 aliphatic carbocycles. The van der Waals surface area contributed by atoms with Crippen LogP contribution in [-0.4, -0.2) is 513 Å². The molecule has 3 saturated heterocycles. The second-order valence-corrected chi connectivity index (χ2v) is 40.4. The number of aliphatic hydroxyl groups is 3. The van der Waals surface area contributed by atoms with Gasteiger partial charge < -0.3 is 117 Å². The van der Waals surface area contributed by atoms with Crippen LogP contribution in [0.5, 0.6) is 0 Å². The van der Waals surface area contributed by atoms with Crippen molar-refractivity contribution in [3.05, 3.63) is 0 Å². The first-order chi connectivity index (χ1) is 64.0. The van der Waals surface area contributed by atoms with Crippen molar-refractivity contribution in [2.45, 2.75) is 252 Å². The van der Waals surface area contributed by atoms with E-state index < -0.39 is 205 Å². The average Bonchev–Trinajstić information content (AvgIpc) is 0.777. The van der Waals surface area contributed by atoms with E-state index in [2.05, 4.69) is 99.0 Å². The van der Waals surface area contributed by atoms with Crippen LogP contribution in [0.3, 0.4) is 0 Å². The van der Waals surface area contributed by atoms with Crippen molar-refractivity contribution in [3.8, 4) is 0 Å². The van der Waals surface area contributed by atoms with Crippen LogP contribution < -0.4 is 85.3 Å². The van der Waals surface area contributed by atoms with E-state index in [1.807, 2.05) is 15.2 Å². The van der Waals surface area contributed by atoms with E-state index in [9.17, 15) is 112 Å². The zero-order chi connectivity index (χ0) is 110. The summed E-state index contributed by atoms with van der Waals surface area (Å²) in [5, 5.41) is 181.